The Bertz CT molecular complexity index is 700. The third-order valence-electron chi connectivity index (χ3n) is 3.59. The minimum absolute atomic E-state index is 0.127. The number of nitrogens with zero attached hydrogens (tertiary/aromatic N) is 1. The third-order valence-corrected chi connectivity index (χ3v) is 4.42. The molecule has 1 aromatic carbocycles. The molecular weight excluding hydrogens is 330 g/mol. The van der Waals surface area contributed by atoms with E-state index in [0.717, 1.165) is 35.1 Å². The molecule has 2 aromatic rings. The Morgan fingerprint density at radius 3 is 3.05 bits per heavy atom. The van der Waals surface area contributed by atoms with Crippen LogP contribution >= 0.6 is 15.9 Å². The topological polar surface area (TPSA) is 54.0 Å². The summed E-state index contributed by atoms with van der Waals surface area (Å²) >= 11 is 3.40. The zero-order valence-corrected chi connectivity index (χ0v) is 13.3. The summed E-state index contributed by atoms with van der Waals surface area (Å²) in [5.74, 6) is 0.439. The number of halogens is 1. The quantitative estimate of drug-likeness (QED) is 0.871. The fraction of sp³-hybridized carbons (Fsp3) is 0.250. The molecular formula is C16H16BrN3O. The van der Waals surface area contributed by atoms with Gasteiger partial charge in [0.2, 0.25) is 0 Å². The number of fused-ring (bicyclic) bond motifs is 1. The predicted molar refractivity (Wildman–Crippen MR) is 87.9 cm³/mol. The first-order valence-electron chi connectivity index (χ1n) is 6.94. The highest BCUT2D eigenvalue weighted by Gasteiger charge is 2.13. The van der Waals surface area contributed by atoms with Crippen molar-refractivity contribution < 1.29 is 4.79 Å². The molecule has 1 aromatic heterocycles. The number of carbonyl (C=O) groups excluding carboxylic acids is 1. The van der Waals surface area contributed by atoms with Crippen molar-refractivity contribution in [3.8, 4) is 0 Å². The molecule has 0 atom stereocenters. The van der Waals surface area contributed by atoms with E-state index in [2.05, 4.69) is 31.5 Å². The summed E-state index contributed by atoms with van der Waals surface area (Å²) in [6.45, 7) is 2.96. The summed E-state index contributed by atoms with van der Waals surface area (Å²) in [6, 6.07) is 7.63. The van der Waals surface area contributed by atoms with Crippen molar-refractivity contribution in [2.24, 2.45) is 0 Å². The molecule has 1 aliphatic heterocycles. The standard InChI is InChI=1S/C16H16BrN3O/c1-10-7-15(19-9-13(10)17)20-16(21)12-4-5-14-11(8-12)3-2-6-18-14/h4-5,7-9,18H,2-3,6H2,1H3,(H,19,20,21). The molecule has 0 spiro atoms. The van der Waals surface area contributed by atoms with Crippen molar-refractivity contribution in [1.29, 1.82) is 0 Å². The fourth-order valence-corrected chi connectivity index (χ4v) is 2.63. The van der Waals surface area contributed by atoms with Crippen molar-refractivity contribution in [1.82, 2.24) is 4.98 Å². The second kappa shape index (κ2) is 5.85. The summed E-state index contributed by atoms with van der Waals surface area (Å²) in [4.78, 5) is 16.5. The molecule has 0 aliphatic carbocycles. The van der Waals surface area contributed by atoms with Gasteiger partial charge in [0.1, 0.15) is 5.82 Å². The van der Waals surface area contributed by atoms with Crippen LogP contribution in [0, 0.1) is 6.92 Å². The Labute approximate surface area is 132 Å². The second-order valence-corrected chi connectivity index (χ2v) is 6.03. The van der Waals surface area contributed by atoms with Crippen LogP contribution in [0.3, 0.4) is 0 Å². The van der Waals surface area contributed by atoms with Crippen LogP contribution in [-0.4, -0.2) is 17.4 Å². The Morgan fingerprint density at radius 1 is 1.38 bits per heavy atom. The van der Waals surface area contributed by atoms with Gasteiger partial charge >= 0.3 is 0 Å². The molecule has 108 valence electrons. The SMILES string of the molecule is Cc1cc(NC(=O)c2ccc3c(c2)CCCN3)ncc1Br. The summed E-state index contributed by atoms with van der Waals surface area (Å²) in [6.07, 6.45) is 3.81. The van der Waals surface area contributed by atoms with Crippen molar-refractivity contribution in [2.45, 2.75) is 19.8 Å². The first kappa shape index (κ1) is 14.1. The van der Waals surface area contributed by atoms with Gasteiger partial charge in [-0.3, -0.25) is 4.79 Å². The minimum atomic E-state index is -0.127. The van der Waals surface area contributed by atoms with Gasteiger partial charge in [-0.25, -0.2) is 4.98 Å². The molecule has 1 aliphatic rings. The number of nitrogens with one attached hydrogen (secondary N) is 2. The van der Waals surface area contributed by atoms with Gasteiger partial charge in [0.25, 0.3) is 5.91 Å². The molecule has 3 rings (SSSR count). The number of carbonyl (C=O) groups is 1. The summed E-state index contributed by atoms with van der Waals surface area (Å²) in [5.41, 5.74) is 4.04. The molecule has 4 nitrogen and oxygen atoms in total. The molecule has 0 saturated heterocycles. The summed E-state index contributed by atoms with van der Waals surface area (Å²) in [7, 11) is 0. The lowest BCUT2D eigenvalue weighted by molar-refractivity contribution is 0.102. The van der Waals surface area contributed by atoms with Crippen molar-refractivity contribution in [3.63, 3.8) is 0 Å². The normalized spacial score (nSPS) is 13.2. The maximum absolute atomic E-state index is 12.3. The molecule has 2 heterocycles. The molecule has 0 saturated carbocycles. The van der Waals surface area contributed by atoms with E-state index >= 15 is 0 Å². The largest absolute Gasteiger partial charge is 0.385 e. The van der Waals surface area contributed by atoms with E-state index < -0.39 is 0 Å². The van der Waals surface area contributed by atoms with Crippen LogP contribution in [0.2, 0.25) is 0 Å². The van der Waals surface area contributed by atoms with Gasteiger partial charge in [0.15, 0.2) is 0 Å². The van der Waals surface area contributed by atoms with Crippen LogP contribution in [0.25, 0.3) is 0 Å². The third kappa shape index (κ3) is 3.08. The first-order valence-corrected chi connectivity index (χ1v) is 7.73. The Kier molecular flexibility index (Phi) is 3.92. The Balaban J connectivity index is 1.80. The first-order chi connectivity index (χ1) is 10.1. The van der Waals surface area contributed by atoms with Crippen LogP contribution in [0.15, 0.2) is 34.9 Å². The van der Waals surface area contributed by atoms with Crippen LogP contribution in [0.1, 0.15) is 27.9 Å². The highest BCUT2D eigenvalue weighted by molar-refractivity contribution is 9.10. The van der Waals surface area contributed by atoms with Crippen LogP contribution in [-0.2, 0) is 6.42 Å². The maximum atomic E-state index is 12.3. The molecule has 0 fully saturated rings. The van der Waals surface area contributed by atoms with Crippen molar-refractivity contribution in [2.75, 3.05) is 17.2 Å². The lowest BCUT2D eigenvalue weighted by Gasteiger charge is -2.18. The number of anilines is 2. The van der Waals surface area contributed by atoms with E-state index in [9.17, 15) is 4.79 Å². The highest BCUT2D eigenvalue weighted by atomic mass is 79.9. The molecule has 0 radical (unpaired) electrons. The predicted octanol–water partition coefficient (Wildman–Crippen LogP) is 3.76. The van der Waals surface area contributed by atoms with Gasteiger partial charge < -0.3 is 10.6 Å². The van der Waals surface area contributed by atoms with Gasteiger partial charge in [-0.2, -0.15) is 0 Å². The lowest BCUT2D eigenvalue weighted by Crippen LogP contribution is -2.16. The molecule has 0 bridgehead atoms. The molecule has 0 unspecified atom stereocenters. The van der Waals surface area contributed by atoms with E-state index in [4.69, 9.17) is 0 Å². The number of pyridine rings is 1. The average Bonchev–Trinajstić information content (AvgIpc) is 2.50. The number of rotatable bonds is 2. The van der Waals surface area contributed by atoms with Crippen molar-refractivity contribution in [3.05, 3.63) is 51.6 Å². The molecule has 21 heavy (non-hydrogen) atoms. The minimum Gasteiger partial charge on any atom is -0.385 e. The monoisotopic (exact) mass is 345 g/mol. The van der Waals surface area contributed by atoms with E-state index in [-0.39, 0.29) is 5.91 Å². The maximum Gasteiger partial charge on any atom is 0.256 e. The number of hydrogen-bond acceptors (Lipinski definition) is 3. The Hall–Kier alpha value is -1.88. The zero-order valence-electron chi connectivity index (χ0n) is 11.7. The number of aryl methyl sites for hydroxylation is 2. The van der Waals surface area contributed by atoms with E-state index in [0.29, 0.717) is 11.4 Å². The van der Waals surface area contributed by atoms with Crippen LogP contribution in [0.4, 0.5) is 11.5 Å². The number of hydrogen-bond donors (Lipinski definition) is 2. The summed E-state index contributed by atoms with van der Waals surface area (Å²) in [5, 5.41) is 6.18. The van der Waals surface area contributed by atoms with Gasteiger partial charge in [-0.1, -0.05) is 0 Å². The zero-order chi connectivity index (χ0) is 14.8. The van der Waals surface area contributed by atoms with Gasteiger partial charge in [0.05, 0.1) is 0 Å². The molecule has 2 N–H and O–H groups in total. The number of amides is 1. The Morgan fingerprint density at radius 2 is 2.24 bits per heavy atom. The molecule has 5 heteroatoms. The highest BCUT2D eigenvalue weighted by Crippen LogP contribution is 2.23. The average molecular weight is 346 g/mol. The number of benzene rings is 1. The number of aromatic nitrogens is 1. The lowest BCUT2D eigenvalue weighted by atomic mass is 10.0. The molecule has 1 amide bonds. The van der Waals surface area contributed by atoms with Gasteiger partial charge in [0, 0.05) is 28.5 Å². The second-order valence-electron chi connectivity index (χ2n) is 5.18. The summed E-state index contributed by atoms with van der Waals surface area (Å²) < 4.78 is 0.931. The van der Waals surface area contributed by atoms with E-state index in [1.165, 1.54) is 5.56 Å². The van der Waals surface area contributed by atoms with Gasteiger partial charge in [-0.05, 0) is 71.1 Å². The smallest absolute Gasteiger partial charge is 0.256 e. The van der Waals surface area contributed by atoms with Crippen LogP contribution in [0.5, 0.6) is 0 Å². The van der Waals surface area contributed by atoms with Crippen molar-refractivity contribution >= 4 is 33.3 Å². The van der Waals surface area contributed by atoms with Crippen LogP contribution < -0.4 is 10.6 Å². The van der Waals surface area contributed by atoms with E-state index in [1.54, 1.807) is 6.20 Å². The van der Waals surface area contributed by atoms with E-state index in [1.807, 2.05) is 31.2 Å². The van der Waals surface area contributed by atoms with Gasteiger partial charge in [-0.15, -0.1) is 0 Å². The fourth-order valence-electron chi connectivity index (χ4n) is 2.41.